The Kier molecular flexibility index (Phi) is 56.3. The summed E-state index contributed by atoms with van der Waals surface area (Å²) in [6.07, 6.45) is 77.1. The Labute approximate surface area is 439 Å². The lowest BCUT2D eigenvalue weighted by atomic mass is 10.1. The molecule has 71 heavy (non-hydrogen) atoms. The van der Waals surface area contributed by atoms with Gasteiger partial charge in [0, 0.05) is 19.3 Å². The van der Waals surface area contributed by atoms with Gasteiger partial charge in [-0.3, -0.25) is 14.4 Å². The summed E-state index contributed by atoms with van der Waals surface area (Å²) in [5.41, 5.74) is 0. The first-order valence-corrected chi connectivity index (χ1v) is 30.1. The molecule has 1 atom stereocenters. The molecule has 6 nitrogen and oxygen atoms in total. The average Bonchev–Trinajstić information content (AvgIpc) is 3.37. The smallest absolute Gasteiger partial charge is 0.306 e. The Morgan fingerprint density at radius 2 is 0.507 bits per heavy atom. The molecule has 0 aliphatic carbocycles. The topological polar surface area (TPSA) is 78.9 Å². The second-order valence-electron chi connectivity index (χ2n) is 19.9. The number of rotatable bonds is 54. The first-order chi connectivity index (χ1) is 35.0. The van der Waals surface area contributed by atoms with E-state index in [0.29, 0.717) is 19.3 Å². The summed E-state index contributed by atoms with van der Waals surface area (Å²) in [5, 5.41) is 0. The minimum absolute atomic E-state index is 0.0937. The van der Waals surface area contributed by atoms with Crippen molar-refractivity contribution < 1.29 is 28.6 Å². The molecule has 0 bridgehead atoms. The van der Waals surface area contributed by atoms with Crippen LogP contribution in [0.25, 0.3) is 0 Å². The van der Waals surface area contributed by atoms with Gasteiger partial charge in [-0.05, 0) is 122 Å². The summed E-state index contributed by atoms with van der Waals surface area (Å²) in [4.78, 5) is 38.2. The molecule has 0 amide bonds. The first kappa shape index (κ1) is 67.6. The molecule has 0 aromatic carbocycles. The zero-order valence-electron chi connectivity index (χ0n) is 46.7. The van der Waals surface area contributed by atoms with Crippen LogP contribution in [0.2, 0.25) is 0 Å². The van der Waals surface area contributed by atoms with Crippen molar-refractivity contribution in [3.05, 3.63) is 85.1 Å². The molecular formula is C65H112O6. The zero-order valence-corrected chi connectivity index (χ0v) is 46.7. The maximum atomic E-state index is 12.9. The van der Waals surface area contributed by atoms with Gasteiger partial charge < -0.3 is 14.2 Å². The molecule has 6 heteroatoms. The Hall–Kier alpha value is -3.41. The van der Waals surface area contributed by atoms with E-state index < -0.39 is 6.10 Å². The van der Waals surface area contributed by atoms with E-state index in [1.54, 1.807) is 0 Å². The first-order valence-electron chi connectivity index (χ1n) is 30.1. The molecule has 0 rings (SSSR count). The minimum Gasteiger partial charge on any atom is -0.462 e. The molecule has 0 aliphatic rings. The molecule has 0 spiro atoms. The highest BCUT2D eigenvalue weighted by Crippen LogP contribution is 2.15. The normalized spacial score (nSPS) is 12.7. The number of carbonyl (C=O) groups is 3. The van der Waals surface area contributed by atoms with Crippen LogP contribution in [0.1, 0.15) is 290 Å². The Morgan fingerprint density at radius 1 is 0.282 bits per heavy atom. The third-order valence-corrected chi connectivity index (χ3v) is 12.8. The van der Waals surface area contributed by atoms with Gasteiger partial charge in [-0.2, -0.15) is 0 Å². The minimum atomic E-state index is -0.800. The van der Waals surface area contributed by atoms with Gasteiger partial charge in [0.2, 0.25) is 0 Å². The summed E-state index contributed by atoms with van der Waals surface area (Å²) in [6, 6.07) is 0. The number of hydrogen-bond donors (Lipinski definition) is 0. The quantitative estimate of drug-likeness (QED) is 0.0261. The maximum Gasteiger partial charge on any atom is 0.306 e. The highest BCUT2D eigenvalue weighted by Gasteiger charge is 2.19. The van der Waals surface area contributed by atoms with E-state index in [1.807, 2.05) is 0 Å². The molecule has 0 aliphatic heterocycles. The van der Waals surface area contributed by atoms with Crippen molar-refractivity contribution >= 4 is 17.9 Å². The molecular weight excluding hydrogens is 877 g/mol. The monoisotopic (exact) mass is 989 g/mol. The lowest BCUT2D eigenvalue weighted by Crippen LogP contribution is -2.30. The van der Waals surface area contributed by atoms with Gasteiger partial charge in [0.05, 0.1) is 0 Å². The Bertz CT molecular complexity index is 1370. The molecule has 0 saturated heterocycles. The predicted molar refractivity (Wildman–Crippen MR) is 307 cm³/mol. The second kappa shape index (κ2) is 59.2. The van der Waals surface area contributed by atoms with Crippen molar-refractivity contribution in [1.82, 2.24) is 0 Å². The van der Waals surface area contributed by atoms with Gasteiger partial charge in [-0.15, -0.1) is 0 Å². The molecule has 0 aromatic rings. The largest absolute Gasteiger partial charge is 0.462 e. The lowest BCUT2D eigenvalue weighted by Gasteiger charge is -2.18. The van der Waals surface area contributed by atoms with Gasteiger partial charge in [-0.25, -0.2) is 0 Å². The van der Waals surface area contributed by atoms with Gasteiger partial charge in [0.15, 0.2) is 6.10 Å². The summed E-state index contributed by atoms with van der Waals surface area (Å²) < 4.78 is 16.9. The van der Waals surface area contributed by atoms with Crippen LogP contribution in [0.3, 0.4) is 0 Å². The summed E-state index contributed by atoms with van der Waals surface area (Å²) in [6.45, 7) is 6.56. The fourth-order valence-corrected chi connectivity index (χ4v) is 8.27. The summed E-state index contributed by atoms with van der Waals surface area (Å²) >= 11 is 0. The fraction of sp³-hybridized carbons (Fsp3) is 0.738. The Balaban J connectivity index is 4.45. The van der Waals surface area contributed by atoms with Crippen LogP contribution in [0.15, 0.2) is 85.1 Å². The number of allylic oxidation sites excluding steroid dienone is 14. The summed E-state index contributed by atoms with van der Waals surface area (Å²) in [5.74, 6) is -0.932. The average molecular weight is 990 g/mol. The van der Waals surface area contributed by atoms with Crippen LogP contribution >= 0.6 is 0 Å². The van der Waals surface area contributed by atoms with E-state index in [1.165, 1.54) is 141 Å². The van der Waals surface area contributed by atoms with Crippen LogP contribution in [0.4, 0.5) is 0 Å². The van der Waals surface area contributed by atoms with Crippen molar-refractivity contribution in [3.8, 4) is 0 Å². The van der Waals surface area contributed by atoms with Gasteiger partial charge in [0.1, 0.15) is 13.2 Å². The van der Waals surface area contributed by atoms with Gasteiger partial charge >= 0.3 is 17.9 Å². The van der Waals surface area contributed by atoms with Crippen molar-refractivity contribution in [2.75, 3.05) is 13.2 Å². The molecule has 0 heterocycles. The molecule has 0 fully saturated rings. The van der Waals surface area contributed by atoms with E-state index in [-0.39, 0.29) is 31.1 Å². The molecule has 0 N–H and O–H groups in total. The van der Waals surface area contributed by atoms with Crippen LogP contribution in [-0.4, -0.2) is 37.2 Å². The lowest BCUT2D eigenvalue weighted by molar-refractivity contribution is -0.167. The number of unbranched alkanes of at least 4 members (excludes halogenated alkanes) is 29. The summed E-state index contributed by atoms with van der Waals surface area (Å²) in [7, 11) is 0. The zero-order chi connectivity index (χ0) is 51.4. The van der Waals surface area contributed by atoms with Crippen LogP contribution in [0, 0.1) is 0 Å². The van der Waals surface area contributed by atoms with Gasteiger partial charge in [0.25, 0.3) is 0 Å². The van der Waals surface area contributed by atoms with Crippen molar-refractivity contribution in [3.63, 3.8) is 0 Å². The van der Waals surface area contributed by atoms with Crippen LogP contribution < -0.4 is 0 Å². The standard InChI is InChI=1S/C65H112O6/c1-4-7-10-13-16-19-22-25-28-31-32-35-37-40-43-46-49-52-55-58-64(67)70-61-62(71-65(68)59-56-53-50-47-44-41-38-34-30-27-24-21-18-15-12-9-6-3)60-69-63(66)57-54-51-48-45-42-39-36-33-29-26-23-20-17-14-11-8-5-2/h17-18,20-21,25-30,36,38-39,41,62H,4-16,19,22-24,31-35,37,40,42-61H2,1-3H3/b20-17+,21-18+,28-25+,29-26+,30-27+,39-36+,41-38+/t62-/m1/s1. The third-order valence-electron chi connectivity index (χ3n) is 12.8. The Morgan fingerprint density at radius 3 is 0.831 bits per heavy atom. The molecule has 0 aromatic heterocycles. The number of ether oxygens (including phenoxy) is 3. The van der Waals surface area contributed by atoms with Crippen LogP contribution in [-0.2, 0) is 28.6 Å². The number of hydrogen-bond acceptors (Lipinski definition) is 6. The second-order valence-corrected chi connectivity index (χ2v) is 19.9. The highest BCUT2D eigenvalue weighted by molar-refractivity contribution is 5.71. The van der Waals surface area contributed by atoms with Crippen molar-refractivity contribution in [2.24, 2.45) is 0 Å². The van der Waals surface area contributed by atoms with E-state index in [4.69, 9.17) is 14.2 Å². The third kappa shape index (κ3) is 57.4. The van der Waals surface area contributed by atoms with Crippen LogP contribution in [0.5, 0.6) is 0 Å². The molecule has 0 saturated carbocycles. The van der Waals surface area contributed by atoms with E-state index in [0.717, 1.165) is 109 Å². The van der Waals surface area contributed by atoms with Crippen molar-refractivity contribution in [2.45, 2.75) is 297 Å². The number of carbonyl (C=O) groups excluding carboxylic acids is 3. The van der Waals surface area contributed by atoms with E-state index in [2.05, 4.69) is 106 Å². The van der Waals surface area contributed by atoms with Gasteiger partial charge in [-0.1, -0.05) is 234 Å². The van der Waals surface area contributed by atoms with E-state index >= 15 is 0 Å². The predicted octanol–water partition coefficient (Wildman–Crippen LogP) is 20.3. The fourth-order valence-electron chi connectivity index (χ4n) is 8.27. The maximum absolute atomic E-state index is 12.9. The van der Waals surface area contributed by atoms with E-state index in [9.17, 15) is 14.4 Å². The molecule has 408 valence electrons. The van der Waals surface area contributed by atoms with Crippen molar-refractivity contribution in [1.29, 1.82) is 0 Å². The number of esters is 3. The SMILES string of the molecule is CCCCC/C=C/C/C=C/C/C=C/CCCCCCC(=O)OC[C@H](COC(=O)CCCCCCCCCCC/C=C/CCCCCCCC)OC(=O)CCCCCC/C=C/C/C=C/C/C=C/CCCCC. The highest BCUT2D eigenvalue weighted by atomic mass is 16.6. The molecule has 0 unspecified atom stereocenters. The molecule has 0 radical (unpaired) electrons.